The number of carbonyl (C=O) groups is 1. The van der Waals surface area contributed by atoms with Gasteiger partial charge < -0.3 is 5.32 Å². The molecular formula is C14H21N5O. The molecule has 108 valence electrons. The molecule has 0 aliphatic carbocycles. The van der Waals surface area contributed by atoms with E-state index in [9.17, 15) is 4.79 Å². The molecule has 0 spiro atoms. The fourth-order valence-corrected chi connectivity index (χ4v) is 2.26. The van der Waals surface area contributed by atoms with Gasteiger partial charge >= 0.3 is 0 Å². The number of hydrogen-bond donors (Lipinski definition) is 1. The summed E-state index contributed by atoms with van der Waals surface area (Å²) in [5.41, 5.74) is 3.03. The van der Waals surface area contributed by atoms with Crippen molar-refractivity contribution in [3.8, 4) is 0 Å². The summed E-state index contributed by atoms with van der Waals surface area (Å²) in [6.07, 6.45) is 2.53. The number of amides is 1. The molecule has 0 saturated heterocycles. The smallest absolute Gasteiger partial charge is 0.244 e. The van der Waals surface area contributed by atoms with Gasteiger partial charge in [0.25, 0.3) is 0 Å². The highest BCUT2D eigenvalue weighted by atomic mass is 16.2. The Bertz CT molecular complexity index is 598. The summed E-state index contributed by atoms with van der Waals surface area (Å²) in [5.74, 6) is -0.0154. The van der Waals surface area contributed by atoms with Gasteiger partial charge in [-0.25, -0.2) is 0 Å². The number of carbonyl (C=O) groups excluding carboxylic acids is 1. The lowest BCUT2D eigenvalue weighted by Gasteiger charge is -2.14. The van der Waals surface area contributed by atoms with Crippen molar-refractivity contribution in [2.75, 3.05) is 6.54 Å². The van der Waals surface area contributed by atoms with Gasteiger partial charge in [-0.3, -0.25) is 14.2 Å². The molecule has 1 amide bonds. The van der Waals surface area contributed by atoms with Gasteiger partial charge in [0.1, 0.15) is 6.04 Å². The summed E-state index contributed by atoms with van der Waals surface area (Å²) in [5, 5.41) is 11.4. The molecule has 1 N–H and O–H groups in total. The van der Waals surface area contributed by atoms with Gasteiger partial charge in [-0.1, -0.05) is 0 Å². The maximum absolute atomic E-state index is 12.1. The highest BCUT2D eigenvalue weighted by molar-refractivity contribution is 5.79. The van der Waals surface area contributed by atoms with E-state index in [0.29, 0.717) is 6.54 Å². The molecule has 0 aliphatic heterocycles. The van der Waals surface area contributed by atoms with Crippen molar-refractivity contribution in [2.24, 2.45) is 7.05 Å². The molecule has 6 nitrogen and oxygen atoms in total. The van der Waals surface area contributed by atoms with E-state index in [0.717, 1.165) is 23.5 Å². The molecule has 0 bridgehead atoms. The number of aryl methyl sites for hydroxylation is 3. The summed E-state index contributed by atoms with van der Waals surface area (Å²) in [6.45, 7) is 6.34. The average Bonchev–Trinajstić information content (AvgIpc) is 2.94. The number of nitrogens with one attached hydrogen (secondary N) is 1. The Balaban J connectivity index is 1.89. The molecule has 2 aromatic rings. The van der Waals surface area contributed by atoms with Crippen LogP contribution in [-0.4, -0.2) is 32.0 Å². The SMILES string of the molecule is Cc1cc(C)n(C(C)C(=O)NCCc2ccnn2C)n1. The van der Waals surface area contributed by atoms with E-state index < -0.39 is 0 Å². The van der Waals surface area contributed by atoms with Crippen LogP contribution in [0.2, 0.25) is 0 Å². The van der Waals surface area contributed by atoms with Gasteiger partial charge in [0.2, 0.25) is 5.91 Å². The second-order valence-electron chi connectivity index (χ2n) is 5.03. The summed E-state index contributed by atoms with van der Waals surface area (Å²) in [4.78, 5) is 12.1. The van der Waals surface area contributed by atoms with Gasteiger partial charge in [0, 0.05) is 37.6 Å². The summed E-state index contributed by atoms with van der Waals surface area (Å²) < 4.78 is 3.57. The topological polar surface area (TPSA) is 64.7 Å². The highest BCUT2D eigenvalue weighted by Gasteiger charge is 2.17. The van der Waals surface area contributed by atoms with Crippen LogP contribution < -0.4 is 5.32 Å². The molecule has 0 aromatic carbocycles. The third-order valence-electron chi connectivity index (χ3n) is 3.39. The highest BCUT2D eigenvalue weighted by Crippen LogP contribution is 2.10. The first kappa shape index (κ1) is 14.3. The molecule has 0 fully saturated rings. The fourth-order valence-electron chi connectivity index (χ4n) is 2.26. The monoisotopic (exact) mass is 275 g/mol. The normalized spacial score (nSPS) is 12.4. The van der Waals surface area contributed by atoms with Crippen LogP contribution in [0.25, 0.3) is 0 Å². The molecular weight excluding hydrogens is 254 g/mol. The van der Waals surface area contributed by atoms with Crippen molar-refractivity contribution in [3.05, 3.63) is 35.4 Å². The first-order valence-electron chi connectivity index (χ1n) is 6.76. The number of hydrogen-bond acceptors (Lipinski definition) is 3. The summed E-state index contributed by atoms with van der Waals surface area (Å²) in [7, 11) is 1.90. The first-order valence-corrected chi connectivity index (χ1v) is 6.76. The lowest BCUT2D eigenvalue weighted by molar-refractivity contribution is -0.124. The maximum Gasteiger partial charge on any atom is 0.244 e. The van der Waals surface area contributed by atoms with Crippen LogP contribution in [0.5, 0.6) is 0 Å². The minimum atomic E-state index is -0.296. The van der Waals surface area contributed by atoms with Gasteiger partial charge in [-0.15, -0.1) is 0 Å². The maximum atomic E-state index is 12.1. The Morgan fingerprint density at radius 3 is 2.75 bits per heavy atom. The standard InChI is InChI=1S/C14H21N5O/c1-10-9-11(2)19(17-10)12(3)14(20)15-7-5-13-6-8-16-18(13)4/h6,8-9,12H,5,7H2,1-4H3,(H,15,20). The molecule has 0 saturated carbocycles. The number of aromatic nitrogens is 4. The predicted molar refractivity (Wildman–Crippen MR) is 76.3 cm³/mol. The molecule has 2 rings (SSSR count). The van der Waals surface area contributed by atoms with Gasteiger partial charge in [-0.2, -0.15) is 10.2 Å². The molecule has 2 heterocycles. The molecule has 6 heteroatoms. The van der Waals surface area contributed by atoms with E-state index in [4.69, 9.17) is 0 Å². The van der Waals surface area contributed by atoms with Gasteiger partial charge in [0.15, 0.2) is 0 Å². The number of rotatable bonds is 5. The molecule has 2 aromatic heterocycles. The molecule has 1 atom stereocenters. The lowest BCUT2D eigenvalue weighted by Crippen LogP contribution is -2.33. The van der Waals surface area contributed by atoms with E-state index in [2.05, 4.69) is 15.5 Å². The van der Waals surface area contributed by atoms with Crippen LogP contribution in [0, 0.1) is 13.8 Å². The van der Waals surface area contributed by atoms with Crippen molar-refractivity contribution in [3.63, 3.8) is 0 Å². The zero-order chi connectivity index (χ0) is 14.7. The third kappa shape index (κ3) is 3.07. The Hall–Kier alpha value is -2.11. The predicted octanol–water partition coefficient (Wildman–Crippen LogP) is 1.15. The van der Waals surface area contributed by atoms with Crippen LogP contribution >= 0.6 is 0 Å². The van der Waals surface area contributed by atoms with E-state index in [-0.39, 0.29) is 11.9 Å². The van der Waals surface area contributed by atoms with E-state index >= 15 is 0 Å². The minimum absolute atomic E-state index is 0.0154. The second kappa shape index (κ2) is 5.90. The van der Waals surface area contributed by atoms with Crippen molar-refractivity contribution in [1.29, 1.82) is 0 Å². The Morgan fingerprint density at radius 1 is 1.45 bits per heavy atom. The molecule has 20 heavy (non-hydrogen) atoms. The largest absolute Gasteiger partial charge is 0.354 e. The average molecular weight is 275 g/mol. The van der Waals surface area contributed by atoms with E-state index in [1.807, 2.05) is 44.6 Å². The zero-order valence-electron chi connectivity index (χ0n) is 12.4. The second-order valence-corrected chi connectivity index (χ2v) is 5.03. The van der Waals surface area contributed by atoms with Crippen molar-refractivity contribution < 1.29 is 4.79 Å². The van der Waals surface area contributed by atoms with Crippen LogP contribution in [0.15, 0.2) is 18.3 Å². The Labute approximate surface area is 118 Å². The van der Waals surface area contributed by atoms with Gasteiger partial charge in [-0.05, 0) is 32.9 Å². The quantitative estimate of drug-likeness (QED) is 0.890. The Kier molecular flexibility index (Phi) is 4.22. The van der Waals surface area contributed by atoms with Crippen LogP contribution in [0.4, 0.5) is 0 Å². The summed E-state index contributed by atoms with van der Waals surface area (Å²) >= 11 is 0. The Morgan fingerprint density at radius 2 is 2.20 bits per heavy atom. The zero-order valence-corrected chi connectivity index (χ0v) is 12.4. The molecule has 1 unspecified atom stereocenters. The van der Waals surface area contributed by atoms with Crippen LogP contribution in [-0.2, 0) is 18.3 Å². The fraction of sp³-hybridized carbons (Fsp3) is 0.500. The summed E-state index contributed by atoms with van der Waals surface area (Å²) in [6, 6.07) is 3.63. The number of nitrogens with zero attached hydrogens (tertiary/aromatic N) is 4. The third-order valence-corrected chi connectivity index (χ3v) is 3.39. The van der Waals surface area contributed by atoms with E-state index in [1.165, 1.54) is 0 Å². The molecule has 0 radical (unpaired) electrons. The van der Waals surface area contributed by atoms with Crippen LogP contribution in [0.1, 0.15) is 30.0 Å². The first-order chi connectivity index (χ1) is 9.49. The van der Waals surface area contributed by atoms with Crippen molar-refractivity contribution in [1.82, 2.24) is 24.9 Å². The molecule has 0 aliphatic rings. The van der Waals surface area contributed by atoms with E-state index in [1.54, 1.807) is 10.9 Å². The van der Waals surface area contributed by atoms with Crippen LogP contribution in [0.3, 0.4) is 0 Å². The van der Waals surface area contributed by atoms with Crippen molar-refractivity contribution >= 4 is 5.91 Å². The van der Waals surface area contributed by atoms with Gasteiger partial charge in [0.05, 0.1) is 5.69 Å². The lowest BCUT2D eigenvalue weighted by atomic mass is 10.2. The van der Waals surface area contributed by atoms with Crippen molar-refractivity contribution in [2.45, 2.75) is 33.2 Å². The minimum Gasteiger partial charge on any atom is -0.354 e.